The molecule has 0 bridgehead atoms. The second-order valence-electron chi connectivity index (χ2n) is 7.47. The lowest BCUT2D eigenvalue weighted by atomic mass is 10.2. The number of thiocarbonyl (C=S) groups is 1. The molecule has 1 N–H and O–H groups in total. The Morgan fingerprint density at radius 3 is 2.63 bits per heavy atom. The lowest BCUT2D eigenvalue weighted by Gasteiger charge is -2.29. The molecule has 0 atom stereocenters. The summed E-state index contributed by atoms with van der Waals surface area (Å²) in [4.78, 5) is 4.55. The number of nitrogens with one attached hydrogen (secondary N) is 1. The molecule has 0 spiro atoms. The van der Waals surface area contributed by atoms with Crippen molar-refractivity contribution >= 4 is 23.0 Å². The van der Waals surface area contributed by atoms with Crippen LogP contribution in [0.1, 0.15) is 17.5 Å². The van der Waals surface area contributed by atoms with Crippen LogP contribution in [0.15, 0.2) is 42.5 Å². The Kier molecular flexibility index (Phi) is 8.42. The number of anilines is 1. The van der Waals surface area contributed by atoms with Gasteiger partial charge in [0, 0.05) is 44.5 Å². The van der Waals surface area contributed by atoms with Crippen LogP contribution in [0.3, 0.4) is 0 Å². The van der Waals surface area contributed by atoms with Gasteiger partial charge in [0.2, 0.25) is 0 Å². The van der Waals surface area contributed by atoms with Crippen LogP contribution in [0.25, 0.3) is 0 Å². The number of methoxy groups -OCH3 is 1. The van der Waals surface area contributed by atoms with E-state index in [-0.39, 0.29) is 5.82 Å². The summed E-state index contributed by atoms with van der Waals surface area (Å²) in [6.45, 7) is 8.00. The minimum Gasteiger partial charge on any atom is -0.496 e. The SMILES string of the molecule is COc1cc(NC(=S)N(CCCN2CCOCC2)Cc2ccc(F)cc2)ccc1C. The fourth-order valence-corrected chi connectivity index (χ4v) is 3.75. The molecule has 0 amide bonds. The largest absolute Gasteiger partial charge is 0.496 e. The minimum absolute atomic E-state index is 0.231. The number of nitrogens with zero attached hydrogens (tertiary/aromatic N) is 2. The van der Waals surface area contributed by atoms with Crippen LogP contribution >= 0.6 is 12.2 Å². The number of halogens is 1. The third kappa shape index (κ3) is 6.65. The molecule has 1 aliphatic heterocycles. The van der Waals surface area contributed by atoms with E-state index < -0.39 is 0 Å². The lowest BCUT2D eigenvalue weighted by molar-refractivity contribution is 0.0368. The summed E-state index contributed by atoms with van der Waals surface area (Å²) in [7, 11) is 1.66. The van der Waals surface area contributed by atoms with Gasteiger partial charge in [-0.3, -0.25) is 4.90 Å². The summed E-state index contributed by atoms with van der Waals surface area (Å²) < 4.78 is 24.1. The molecule has 1 saturated heterocycles. The van der Waals surface area contributed by atoms with E-state index in [0.29, 0.717) is 11.7 Å². The van der Waals surface area contributed by atoms with Gasteiger partial charge in [-0.15, -0.1) is 0 Å². The first-order valence-corrected chi connectivity index (χ1v) is 10.7. The van der Waals surface area contributed by atoms with E-state index >= 15 is 0 Å². The monoisotopic (exact) mass is 431 g/mol. The van der Waals surface area contributed by atoms with Crippen molar-refractivity contribution in [2.75, 3.05) is 51.8 Å². The molecule has 0 unspecified atom stereocenters. The smallest absolute Gasteiger partial charge is 0.173 e. The van der Waals surface area contributed by atoms with Crippen LogP contribution in [-0.4, -0.2) is 61.4 Å². The summed E-state index contributed by atoms with van der Waals surface area (Å²) in [5.41, 5.74) is 2.98. The van der Waals surface area contributed by atoms with Gasteiger partial charge in [0.1, 0.15) is 11.6 Å². The van der Waals surface area contributed by atoms with Crippen molar-refractivity contribution < 1.29 is 13.9 Å². The van der Waals surface area contributed by atoms with Gasteiger partial charge >= 0.3 is 0 Å². The predicted molar refractivity (Wildman–Crippen MR) is 123 cm³/mol. The fourth-order valence-electron chi connectivity index (χ4n) is 3.47. The Morgan fingerprint density at radius 1 is 1.20 bits per heavy atom. The summed E-state index contributed by atoms with van der Waals surface area (Å²) in [5, 5.41) is 3.98. The summed E-state index contributed by atoms with van der Waals surface area (Å²) >= 11 is 5.73. The van der Waals surface area contributed by atoms with Crippen molar-refractivity contribution in [3.8, 4) is 5.75 Å². The van der Waals surface area contributed by atoms with Crippen LogP contribution in [0.5, 0.6) is 5.75 Å². The second-order valence-corrected chi connectivity index (χ2v) is 7.86. The van der Waals surface area contributed by atoms with E-state index in [4.69, 9.17) is 21.7 Å². The number of hydrogen-bond donors (Lipinski definition) is 1. The van der Waals surface area contributed by atoms with E-state index in [2.05, 4.69) is 15.1 Å². The summed E-state index contributed by atoms with van der Waals surface area (Å²) in [6.07, 6.45) is 0.986. The maximum atomic E-state index is 13.3. The Balaban J connectivity index is 1.65. The highest BCUT2D eigenvalue weighted by atomic mass is 32.1. The Labute approximate surface area is 183 Å². The van der Waals surface area contributed by atoms with Crippen molar-refractivity contribution in [3.05, 3.63) is 59.4 Å². The molecule has 1 heterocycles. The zero-order valence-electron chi connectivity index (χ0n) is 17.7. The van der Waals surface area contributed by atoms with Gasteiger partial charge in [0.05, 0.1) is 20.3 Å². The molecule has 0 saturated carbocycles. The van der Waals surface area contributed by atoms with E-state index in [9.17, 15) is 4.39 Å². The molecule has 2 aromatic carbocycles. The molecule has 0 aromatic heterocycles. The van der Waals surface area contributed by atoms with Gasteiger partial charge in [0.15, 0.2) is 5.11 Å². The lowest BCUT2D eigenvalue weighted by Crippen LogP contribution is -2.40. The van der Waals surface area contributed by atoms with Crippen LogP contribution in [0.2, 0.25) is 0 Å². The standard InChI is InChI=1S/C23H30FN3O2S/c1-18-4-9-21(16-22(18)28-2)25-23(30)27(17-19-5-7-20(24)8-6-19)11-3-10-26-12-14-29-15-13-26/h4-9,16H,3,10-15,17H2,1-2H3,(H,25,30). The molecular weight excluding hydrogens is 401 g/mol. The van der Waals surface area contributed by atoms with E-state index in [0.717, 1.165) is 68.4 Å². The van der Waals surface area contributed by atoms with Crippen molar-refractivity contribution in [2.24, 2.45) is 0 Å². The maximum absolute atomic E-state index is 13.3. The van der Waals surface area contributed by atoms with Crippen molar-refractivity contribution in [1.29, 1.82) is 0 Å². The van der Waals surface area contributed by atoms with Crippen LogP contribution < -0.4 is 10.1 Å². The first-order chi connectivity index (χ1) is 14.5. The third-order valence-corrected chi connectivity index (χ3v) is 5.60. The molecule has 30 heavy (non-hydrogen) atoms. The van der Waals surface area contributed by atoms with Crippen LogP contribution in [-0.2, 0) is 11.3 Å². The first-order valence-electron chi connectivity index (χ1n) is 10.3. The number of rotatable bonds is 8. The Morgan fingerprint density at radius 2 is 1.93 bits per heavy atom. The van der Waals surface area contributed by atoms with Gasteiger partial charge in [0.25, 0.3) is 0 Å². The molecule has 5 nitrogen and oxygen atoms in total. The van der Waals surface area contributed by atoms with E-state index in [1.165, 1.54) is 12.1 Å². The Bertz CT molecular complexity index is 826. The highest BCUT2D eigenvalue weighted by Gasteiger charge is 2.14. The van der Waals surface area contributed by atoms with Gasteiger partial charge in [-0.05, 0) is 54.9 Å². The van der Waals surface area contributed by atoms with Crippen molar-refractivity contribution in [3.63, 3.8) is 0 Å². The quantitative estimate of drug-likeness (QED) is 0.636. The van der Waals surface area contributed by atoms with Gasteiger partial charge in [-0.25, -0.2) is 4.39 Å². The molecule has 1 aliphatic rings. The van der Waals surface area contributed by atoms with Crippen molar-refractivity contribution in [1.82, 2.24) is 9.80 Å². The predicted octanol–water partition coefficient (Wildman–Crippen LogP) is 4.06. The highest BCUT2D eigenvalue weighted by molar-refractivity contribution is 7.80. The highest BCUT2D eigenvalue weighted by Crippen LogP contribution is 2.22. The fraction of sp³-hybridized carbons (Fsp3) is 0.435. The molecule has 7 heteroatoms. The molecule has 3 rings (SSSR count). The molecule has 2 aromatic rings. The van der Waals surface area contributed by atoms with Gasteiger partial charge in [-0.2, -0.15) is 0 Å². The Hall–Kier alpha value is -2.22. The second kappa shape index (κ2) is 11.2. The maximum Gasteiger partial charge on any atom is 0.173 e. The topological polar surface area (TPSA) is 37.0 Å². The minimum atomic E-state index is -0.231. The number of ether oxygens (including phenoxy) is 2. The number of benzene rings is 2. The summed E-state index contributed by atoms with van der Waals surface area (Å²) in [5.74, 6) is 0.588. The molecular formula is C23H30FN3O2S. The number of morpholine rings is 1. The normalized spacial score (nSPS) is 14.4. The van der Waals surface area contributed by atoms with Gasteiger partial charge < -0.3 is 19.7 Å². The zero-order valence-corrected chi connectivity index (χ0v) is 18.5. The average Bonchev–Trinajstić information content (AvgIpc) is 2.76. The van der Waals surface area contributed by atoms with E-state index in [1.54, 1.807) is 7.11 Å². The first kappa shape index (κ1) is 22.5. The van der Waals surface area contributed by atoms with E-state index in [1.807, 2.05) is 37.3 Å². The average molecular weight is 432 g/mol. The third-order valence-electron chi connectivity index (χ3n) is 5.24. The molecule has 0 aliphatic carbocycles. The molecule has 162 valence electrons. The molecule has 1 fully saturated rings. The number of hydrogen-bond acceptors (Lipinski definition) is 4. The van der Waals surface area contributed by atoms with Gasteiger partial charge in [-0.1, -0.05) is 18.2 Å². The number of aryl methyl sites for hydroxylation is 1. The van der Waals surface area contributed by atoms with Crippen LogP contribution in [0, 0.1) is 12.7 Å². The molecule has 0 radical (unpaired) electrons. The van der Waals surface area contributed by atoms with Crippen molar-refractivity contribution in [2.45, 2.75) is 19.9 Å². The zero-order chi connectivity index (χ0) is 21.3. The van der Waals surface area contributed by atoms with Crippen LogP contribution in [0.4, 0.5) is 10.1 Å². The summed E-state index contributed by atoms with van der Waals surface area (Å²) in [6, 6.07) is 12.5.